The molecule has 0 unspecified atom stereocenters. The molecule has 3 rings (SSSR count). The van der Waals surface area contributed by atoms with Gasteiger partial charge in [-0.05, 0) is 80.7 Å². The Bertz CT molecular complexity index is 1280. The second-order valence-corrected chi connectivity index (χ2v) is 9.82. The molecule has 0 saturated carbocycles. The third-order valence-corrected chi connectivity index (χ3v) is 6.77. The largest absolute Gasteiger partial charge is 0.493 e. The lowest BCUT2D eigenvalue weighted by Gasteiger charge is -2.13. The highest BCUT2D eigenvalue weighted by Gasteiger charge is 2.22. The number of methoxy groups -OCH3 is 1. The molecule has 0 aliphatic rings. The van der Waals surface area contributed by atoms with Crippen molar-refractivity contribution >= 4 is 54.1 Å². The van der Waals surface area contributed by atoms with E-state index in [1.807, 2.05) is 6.92 Å². The summed E-state index contributed by atoms with van der Waals surface area (Å²) in [5.74, 6) is -0.208. The van der Waals surface area contributed by atoms with Crippen LogP contribution < -0.4 is 14.3 Å². The van der Waals surface area contributed by atoms with Crippen LogP contribution in [0.1, 0.15) is 21.5 Å². The molecule has 0 radical (unpaired) electrons. The minimum absolute atomic E-state index is 0.00229. The Kier molecular flexibility index (Phi) is 7.70. The number of hydrogen-bond acceptors (Lipinski definition) is 6. The monoisotopic (exact) mass is 580 g/mol. The highest BCUT2D eigenvalue weighted by atomic mass is 79.9. The van der Waals surface area contributed by atoms with E-state index >= 15 is 0 Å². The number of nitrogens with one attached hydrogen (secondary N) is 1. The van der Waals surface area contributed by atoms with Gasteiger partial charge in [0.15, 0.2) is 11.5 Å². The summed E-state index contributed by atoms with van der Waals surface area (Å²) in [5, 5.41) is 3.95. The summed E-state index contributed by atoms with van der Waals surface area (Å²) in [4.78, 5) is 12.3. The van der Waals surface area contributed by atoms with Crippen molar-refractivity contribution < 1.29 is 22.1 Å². The molecule has 1 N–H and O–H groups in total. The number of carbonyl (C=O) groups excluding carboxylic acids is 1. The van der Waals surface area contributed by atoms with E-state index in [9.17, 15) is 13.2 Å². The molecular formula is C22H18Br2N2O5S. The van der Waals surface area contributed by atoms with E-state index in [0.29, 0.717) is 20.1 Å². The molecule has 0 aliphatic carbocycles. The second kappa shape index (κ2) is 10.3. The second-order valence-electron chi connectivity index (χ2n) is 6.56. The molecule has 0 aromatic heterocycles. The minimum Gasteiger partial charge on any atom is -0.493 e. The summed E-state index contributed by atoms with van der Waals surface area (Å²) >= 11 is 6.63. The number of ether oxygens (including phenoxy) is 1. The Labute approximate surface area is 202 Å². The molecule has 166 valence electrons. The van der Waals surface area contributed by atoms with E-state index in [0.717, 1.165) is 5.56 Å². The van der Waals surface area contributed by atoms with Gasteiger partial charge >= 0.3 is 10.1 Å². The Balaban J connectivity index is 1.80. The maximum Gasteiger partial charge on any atom is 0.339 e. The molecule has 0 heterocycles. The van der Waals surface area contributed by atoms with Crippen LogP contribution in [0.15, 0.2) is 79.6 Å². The third kappa shape index (κ3) is 5.76. The lowest BCUT2D eigenvalue weighted by atomic mass is 10.2. The summed E-state index contributed by atoms with van der Waals surface area (Å²) in [6.45, 7) is 1.86. The first-order valence-corrected chi connectivity index (χ1v) is 12.2. The van der Waals surface area contributed by atoms with Crippen LogP contribution in [0.25, 0.3) is 0 Å². The summed E-state index contributed by atoms with van der Waals surface area (Å²) in [6.07, 6.45) is 1.40. The number of aryl methyl sites for hydroxylation is 1. The molecule has 0 fully saturated rings. The third-order valence-electron chi connectivity index (χ3n) is 4.25. The molecule has 0 spiro atoms. The predicted octanol–water partition coefficient (Wildman–Crippen LogP) is 5.06. The quantitative estimate of drug-likeness (QED) is 0.239. The first kappa shape index (κ1) is 24.0. The smallest absolute Gasteiger partial charge is 0.339 e. The van der Waals surface area contributed by atoms with Gasteiger partial charge in [-0.25, -0.2) is 5.43 Å². The normalized spacial score (nSPS) is 11.4. The SMILES string of the molecule is COc1cc(/C=N\NC(=O)c2ccccc2Br)cc(Br)c1OS(=O)(=O)c1ccc(C)cc1. The number of hydrogen-bond donors (Lipinski definition) is 1. The van der Waals surface area contributed by atoms with Crippen LogP contribution in [0.2, 0.25) is 0 Å². The van der Waals surface area contributed by atoms with Crippen molar-refractivity contribution in [3.63, 3.8) is 0 Å². The molecular weight excluding hydrogens is 564 g/mol. The molecule has 3 aromatic rings. The fourth-order valence-corrected chi connectivity index (χ4v) is 4.70. The van der Waals surface area contributed by atoms with Gasteiger partial charge in [-0.15, -0.1) is 0 Å². The van der Waals surface area contributed by atoms with Gasteiger partial charge in [0.05, 0.1) is 23.4 Å². The molecule has 7 nitrogen and oxygen atoms in total. The Morgan fingerprint density at radius 2 is 1.72 bits per heavy atom. The fraction of sp³-hybridized carbons (Fsp3) is 0.0909. The standard InChI is InChI=1S/C22H18Br2N2O5S/c1-14-7-9-16(10-8-14)32(28,29)31-21-19(24)11-15(12-20(21)30-2)13-25-26-22(27)17-5-3-4-6-18(17)23/h3-13H,1-2H3,(H,26,27)/b25-13-. The van der Waals surface area contributed by atoms with E-state index in [4.69, 9.17) is 8.92 Å². The topological polar surface area (TPSA) is 94.1 Å². The highest BCUT2D eigenvalue weighted by molar-refractivity contribution is 9.10. The van der Waals surface area contributed by atoms with Gasteiger partial charge in [-0.3, -0.25) is 4.79 Å². The average molecular weight is 582 g/mol. The maximum atomic E-state index is 12.7. The molecule has 10 heteroatoms. The molecule has 0 atom stereocenters. The van der Waals surface area contributed by atoms with E-state index in [2.05, 4.69) is 42.4 Å². The van der Waals surface area contributed by atoms with Crippen LogP contribution in [0.3, 0.4) is 0 Å². The van der Waals surface area contributed by atoms with Crippen molar-refractivity contribution in [1.82, 2.24) is 5.43 Å². The van der Waals surface area contributed by atoms with Crippen LogP contribution in [0.5, 0.6) is 11.5 Å². The van der Waals surface area contributed by atoms with Crippen molar-refractivity contribution in [3.8, 4) is 11.5 Å². The van der Waals surface area contributed by atoms with Crippen molar-refractivity contribution in [2.45, 2.75) is 11.8 Å². The van der Waals surface area contributed by atoms with Gasteiger partial charge in [-0.1, -0.05) is 29.8 Å². The van der Waals surface area contributed by atoms with E-state index in [1.54, 1.807) is 48.5 Å². The first-order chi connectivity index (χ1) is 15.2. The molecule has 32 heavy (non-hydrogen) atoms. The summed E-state index contributed by atoms with van der Waals surface area (Å²) in [6, 6.07) is 16.4. The lowest BCUT2D eigenvalue weighted by molar-refractivity contribution is 0.0954. The number of carbonyl (C=O) groups is 1. The van der Waals surface area contributed by atoms with Crippen LogP contribution >= 0.6 is 31.9 Å². The molecule has 1 amide bonds. The summed E-state index contributed by atoms with van der Waals surface area (Å²) in [7, 11) is -2.67. The van der Waals surface area contributed by atoms with E-state index < -0.39 is 10.1 Å². The van der Waals surface area contributed by atoms with Crippen LogP contribution in [0.4, 0.5) is 0 Å². The number of halogens is 2. The first-order valence-electron chi connectivity index (χ1n) is 9.18. The van der Waals surface area contributed by atoms with E-state index in [-0.39, 0.29) is 22.3 Å². The number of hydrazone groups is 1. The molecule has 0 bridgehead atoms. The molecule has 0 aliphatic heterocycles. The maximum absolute atomic E-state index is 12.7. The van der Waals surface area contributed by atoms with Gasteiger partial charge in [0, 0.05) is 4.47 Å². The number of rotatable bonds is 7. The predicted molar refractivity (Wildman–Crippen MR) is 129 cm³/mol. The van der Waals surface area contributed by atoms with Crippen LogP contribution in [-0.4, -0.2) is 27.6 Å². The van der Waals surface area contributed by atoms with E-state index in [1.165, 1.54) is 25.5 Å². The Morgan fingerprint density at radius 3 is 2.38 bits per heavy atom. The highest BCUT2D eigenvalue weighted by Crippen LogP contribution is 2.38. The van der Waals surface area contributed by atoms with Gasteiger partial charge in [-0.2, -0.15) is 13.5 Å². The van der Waals surface area contributed by atoms with Crippen molar-refractivity contribution in [2.24, 2.45) is 5.10 Å². The van der Waals surface area contributed by atoms with Gasteiger partial charge < -0.3 is 8.92 Å². The minimum atomic E-state index is -4.07. The number of amides is 1. The van der Waals surface area contributed by atoms with Crippen LogP contribution in [-0.2, 0) is 10.1 Å². The van der Waals surface area contributed by atoms with Crippen LogP contribution in [0, 0.1) is 6.92 Å². The molecule has 3 aromatic carbocycles. The number of benzene rings is 3. The van der Waals surface area contributed by atoms with Crippen molar-refractivity contribution in [1.29, 1.82) is 0 Å². The zero-order valence-corrected chi connectivity index (χ0v) is 21.0. The van der Waals surface area contributed by atoms with Crippen molar-refractivity contribution in [3.05, 3.63) is 86.3 Å². The fourth-order valence-electron chi connectivity index (χ4n) is 2.63. The zero-order valence-electron chi connectivity index (χ0n) is 17.0. The lowest BCUT2D eigenvalue weighted by Crippen LogP contribution is -2.18. The van der Waals surface area contributed by atoms with Gasteiger partial charge in [0.25, 0.3) is 5.91 Å². The van der Waals surface area contributed by atoms with Gasteiger partial charge in [0.2, 0.25) is 0 Å². The van der Waals surface area contributed by atoms with Gasteiger partial charge in [0.1, 0.15) is 4.90 Å². The molecule has 0 saturated heterocycles. The summed E-state index contributed by atoms with van der Waals surface area (Å²) < 4.78 is 36.9. The zero-order chi connectivity index (χ0) is 23.3. The summed E-state index contributed by atoms with van der Waals surface area (Å²) in [5.41, 5.74) is 4.35. The Morgan fingerprint density at radius 1 is 1.03 bits per heavy atom. The van der Waals surface area contributed by atoms with Crippen molar-refractivity contribution in [2.75, 3.05) is 7.11 Å². The number of nitrogens with zero attached hydrogens (tertiary/aromatic N) is 1. The average Bonchev–Trinajstić information content (AvgIpc) is 2.75. The Hall–Kier alpha value is -2.69.